The monoisotopic (exact) mass is 490 g/mol. The number of nitrogens with zero attached hydrogens (tertiary/aromatic N) is 7. The first kappa shape index (κ1) is 23.0. The van der Waals surface area contributed by atoms with Gasteiger partial charge in [0.1, 0.15) is 11.6 Å². The minimum absolute atomic E-state index is 0.141. The maximum atomic E-state index is 9.73. The lowest BCUT2D eigenvalue weighted by Gasteiger charge is -2.66. The third kappa shape index (κ3) is 3.69. The van der Waals surface area contributed by atoms with Crippen LogP contribution < -0.4 is 10.1 Å². The number of nitriles is 3. The van der Waals surface area contributed by atoms with Crippen molar-refractivity contribution in [2.24, 2.45) is 10.8 Å². The van der Waals surface area contributed by atoms with Crippen LogP contribution in [-0.4, -0.2) is 25.1 Å². The molecule has 2 aromatic heterocycles. The first-order chi connectivity index (χ1) is 17.7. The molecule has 1 aromatic carbocycles. The van der Waals surface area contributed by atoms with Crippen LogP contribution in [0.4, 0.5) is 5.95 Å². The number of aryl methyl sites for hydroxylation is 3. The summed E-state index contributed by atoms with van der Waals surface area (Å²) in [4.78, 5) is 14.3. The fourth-order valence-corrected chi connectivity index (χ4v) is 5.94. The van der Waals surface area contributed by atoms with Gasteiger partial charge in [0.2, 0.25) is 5.95 Å². The standard InChI is InChI=1S/C28H26N8O/c1-17-9-20(5-4-8-29)10-18(2)22(17)37-24-21-23(32-19(3)36(21)16-26(14-30)6-7-26)33-25(34-24)35-28-11-27(12-28,13-28)15-31/h4-5,9-10H,6-7,11-13,16H2,1-3H3,(H,33,34,35)/b5-4+. The van der Waals surface area contributed by atoms with Crippen molar-refractivity contribution in [1.29, 1.82) is 15.8 Å². The van der Waals surface area contributed by atoms with Crippen LogP contribution in [0, 0.1) is 65.6 Å². The third-order valence-electron chi connectivity index (χ3n) is 7.99. The van der Waals surface area contributed by atoms with E-state index in [9.17, 15) is 10.5 Å². The zero-order valence-corrected chi connectivity index (χ0v) is 21.1. The van der Waals surface area contributed by atoms with Gasteiger partial charge < -0.3 is 14.6 Å². The van der Waals surface area contributed by atoms with E-state index in [0.29, 0.717) is 35.3 Å². The lowest BCUT2D eigenvalue weighted by atomic mass is 9.40. The number of nitrogens with one attached hydrogen (secondary N) is 1. The molecule has 4 aliphatic rings. The molecule has 9 nitrogen and oxygen atoms in total. The maximum absolute atomic E-state index is 9.73. The molecule has 0 spiro atoms. The number of allylic oxidation sites excluding steroid dienone is 1. The first-order valence-corrected chi connectivity index (χ1v) is 12.4. The van der Waals surface area contributed by atoms with Crippen molar-refractivity contribution in [1.82, 2.24) is 19.5 Å². The Labute approximate surface area is 215 Å². The third-order valence-corrected chi connectivity index (χ3v) is 7.99. The number of rotatable bonds is 7. The van der Waals surface area contributed by atoms with Crippen LogP contribution in [0.15, 0.2) is 18.2 Å². The van der Waals surface area contributed by atoms with E-state index in [2.05, 4.69) is 17.5 Å². The zero-order valence-electron chi connectivity index (χ0n) is 21.1. The summed E-state index contributed by atoms with van der Waals surface area (Å²) in [5, 5.41) is 31.5. The molecule has 9 heteroatoms. The van der Waals surface area contributed by atoms with Crippen LogP contribution in [0.2, 0.25) is 0 Å². The van der Waals surface area contributed by atoms with Crippen LogP contribution in [-0.2, 0) is 6.54 Å². The molecule has 7 rings (SSSR count). The van der Waals surface area contributed by atoms with Crippen molar-refractivity contribution < 1.29 is 4.74 Å². The Morgan fingerprint density at radius 1 is 1.03 bits per heavy atom. The molecular weight excluding hydrogens is 464 g/mol. The molecular formula is C28H26N8O. The number of hydrogen-bond donors (Lipinski definition) is 1. The SMILES string of the molecule is Cc1cc(/C=C/C#N)cc(C)c1Oc1nc(NC23CC(C#N)(C2)C3)nc2nc(C)n(CC3(C#N)CC3)c12. The largest absolute Gasteiger partial charge is 0.436 e. The summed E-state index contributed by atoms with van der Waals surface area (Å²) >= 11 is 0. The lowest BCUT2D eigenvalue weighted by Crippen LogP contribution is -2.70. The topological polar surface area (TPSA) is 136 Å². The average molecular weight is 491 g/mol. The van der Waals surface area contributed by atoms with Gasteiger partial charge >= 0.3 is 0 Å². The maximum Gasteiger partial charge on any atom is 0.250 e. The number of anilines is 1. The van der Waals surface area contributed by atoms with Gasteiger partial charge in [-0.2, -0.15) is 25.8 Å². The number of fused-ring (bicyclic) bond motifs is 1. The molecule has 2 heterocycles. The van der Waals surface area contributed by atoms with Crippen LogP contribution >= 0.6 is 0 Å². The van der Waals surface area contributed by atoms with Crippen molar-refractivity contribution in [2.75, 3.05) is 5.32 Å². The molecule has 0 amide bonds. The van der Waals surface area contributed by atoms with Crippen molar-refractivity contribution in [2.45, 2.75) is 65.0 Å². The second-order valence-corrected chi connectivity index (χ2v) is 11.0. The van der Waals surface area contributed by atoms with Gasteiger partial charge in [0.15, 0.2) is 11.2 Å². The summed E-state index contributed by atoms with van der Waals surface area (Å²) in [6.07, 6.45) is 7.32. The van der Waals surface area contributed by atoms with Crippen LogP contribution in [0.1, 0.15) is 54.6 Å². The summed E-state index contributed by atoms with van der Waals surface area (Å²) in [6, 6.07) is 10.9. The number of hydrogen-bond acceptors (Lipinski definition) is 8. The molecule has 0 saturated heterocycles. The Hall–Kier alpha value is -4.42. The van der Waals surface area contributed by atoms with Crippen molar-refractivity contribution in [3.8, 4) is 29.8 Å². The van der Waals surface area contributed by atoms with Crippen molar-refractivity contribution >= 4 is 23.2 Å². The number of aromatic nitrogens is 4. The van der Waals surface area contributed by atoms with E-state index in [0.717, 1.165) is 54.6 Å². The van der Waals surface area contributed by atoms with Gasteiger partial charge in [-0.3, -0.25) is 0 Å². The van der Waals surface area contributed by atoms with E-state index in [1.54, 1.807) is 6.08 Å². The van der Waals surface area contributed by atoms with Gasteiger partial charge in [0, 0.05) is 18.2 Å². The molecule has 3 aromatic rings. The summed E-state index contributed by atoms with van der Waals surface area (Å²) in [5.74, 6) is 2.26. The molecule has 1 N–H and O–H groups in total. The highest BCUT2D eigenvalue weighted by Gasteiger charge is 2.69. The average Bonchev–Trinajstić information content (AvgIpc) is 3.53. The fourth-order valence-electron chi connectivity index (χ4n) is 5.94. The molecule has 37 heavy (non-hydrogen) atoms. The van der Waals surface area contributed by atoms with E-state index >= 15 is 0 Å². The minimum atomic E-state index is -0.384. The molecule has 184 valence electrons. The highest BCUT2D eigenvalue weighted by molar-refractivity contribution is 5.79. The van der Waals surface area contributed by atoms with Gasteiger partial charge in [-0.05, 0) is 87.8 Å². The van der Waals surface area contributed by atoms with Gasteiger partial charge in [0.05, 0.1) is 29.0 Å². The summed E-state index contributed by atoms with van der Waals surface area (Å²) < 4.78 is 8.52. The smallest absolute Gasteiger partial charge is 0.250 e. The normalized spacial score (nSPS) is 24.4. The molecule has 2 bridgehead atoms. The van der Waals surface area contributed by atoms with Gasteiger partial charge in [-0.25, -0.2) is 4.98 Å². The zero-order chi connectivity index (χ0) is 26.0. The highest BCUT2D eigenvalue weighted by atomic mass is 16.5. The van der Waals surface area contributed by atoms with Crippen LogP contribution in [0.5, 0.6) is 11.6 Å². The Morgan fingerprint density at radius 3 is 2.32 bits per heavy atom. The number of benzene rings is 1. The fraction of sp³-hybridized carbons (Fsp3) is 0.429. The van der Waals surface area contributed by atoms with Crippen molar-refractivity contribution in [3.05, 3.63) is 40.7 Å². The predicted octanol–water partition coefficient (Wildman–Crippen LogP) is 5.24. The summed E-state index contributed by atoms with van der Waals surface area (Å²) in [5.41, 5.74) is 3.20. The van der Waals surface area contributed by atoms with E-state index in [-0.39, 0.29) is 16.4 Å². The molecule has 0 unspecified atom stereocenters. The van der Waals surface area contributed by atoms with Crippen LogP contribution in [0.3, 0.4) is 0 Å². The minimum Gasteiger partial charge on any atom is -0.436 e. The molecule has 0 radical (unpaired) electrons. The van der Waals surface area contributed by atoms with E-state index < -0.39 is 0 Å². The van der Waals surface area contributed by atoms with E-state index in [4.69, 9.17) is 25.0 Å². The summed E-state index contributed by atoms with van der Waals surface area (Å²) in [7, 11) is 0. The number of ether oxygens (including phenoxy) is 1. The Morgan fingerprint density at radius 2 is 1.73 bits per heavy atom. The summed E-state index contributed by atoms with van der Waals surface area (Å²) in [6.45, 7) is 6.35. The van der Waals surface area contributed by atoms with Gasteiger partial charge in [0.25, 0.3) is 5.88 Å². The predicted molar refractivity (Wildman–Crippen MR) is 136 cm³/mol. The lowest BCUT2D eigenvalue weighted by molar-refractivity contribution is -0.0665. The number of imidazole rings is 1. The quantitative estimate of drug-likeness (QED) is 0.444. The molecule has 4 aliphatic carbocycles. The second-order valence-electron chi connectivity index (χ2n) is 11.0. The van der Waals surface area contributed by atoms with E-state index in [1.165, 1.54) is 6.08 Å². The molecule has 4 saturated carbocycles. The highest BCUT2D eigenvalue weighted by Crippen LogP contribution is 2.67. The molecule has 0 atom stereocenters. The second kappa shape index (κ2) is 7.79. The first-order valence-electron chi connectivity index (χ1n) is 12.4. The molecule has 0 aliphatic heterocycles. The van der Waals surface area contributed by atoms with Crippen LogP contribution in [0.25, 0.3) is 17.2 Å². The van der Waals surface area contributed by atoms with Gasteiger partial charge in [-0.1, -0.05) is 0 Å². The van der Waals surface area contributed by atoms with E-state index in [1.807, 2.05) is 43.5 Å². The molecule has 4 fully saturated rings. The Bertz CT molecular complexity index is 1580. The Kier molecular flexibility index (Phi) is 4.84. The van der Waals surface area contributed by atoms with Gasteiger partial charge in [-0.15, -0.1) is 0 Å². The van der Waals surface area contributed by atoms with Crippen molar-refractivity contribution in [3.63, 3.8) is 0 Å². The Balaban J connectivity index is 1.42.